The summed E-state index contributed by atoms with van der Waals surface area (Å²) < 4.78 is 16.8. The van der Waals surface area contributed by atoms with Crippen LogP contribution in [0.1, 0.15) is 285 Å². The molecular weight excluding hydrogens is 721 g/mol. The first-order chi connectivity index (χ1) is 28.3. The molecule has 1 unspecified atom stereocenters. The molecule has 0 rings (SSSR count). The first-order valence-electron chi connectivity index (χ1n) is 25.8. The van der Waals surface area contributed by atoms with Crippen LogP contribution in [0.4, 0.5) is 0 Å². The molecule has 0 aromatic rings. The van der Waals surface area contributed by atoms with Gasteiger partial charge < -0.3 is 14.2 Å². The number of carbonyl (C=O) groups excluding carboxylic acids is 3. The summed E-state index contributed by atoms with van der Waals surface area (Å²) in [5.74, 6) is 0.789. The summed E-state index contributed by atoms with van der Waals surface area (Å²) >= 11 is 0. The SMILES string of the molecule is CCCCCCCCCCCCCCCCCCCC(=O)OC[C@@H](COC(=O)CCCCCCCCCCC(C)CC)OC(=O)CCCCCCCCCCC(C)C. The Hall–Kier alpha value is -1.59. The number of hydrogen-bond acceptors (Lipinski definition) is 6. The number of unbranched alkanes of at least 4 members (excludes halogenated alkanes) is 30. The number of carbonyl (C=O) groups is 3. The van der Waals surface area contributed by atoms with Crippen LogP contribution < -0.4 is 0 Å². The summed E-state index contributed by atoms with van der Waals surface area (Å²) in [7, 11) is 0. The fraction of sp³-hybridized carbons (Fsp3) is 0.942. The summed E-state index contributed by atoms with van der Waals surface area (Å²) in [4.78, 5) is 37.9. The van der Waals surface area contributed by atoms with Crippen LogP contribution in [0.15, 0.2) is 0 Å². The summed E-state index contributed by atoms with van der Waals surface area (Å²) in [6.45, 7) is 11.3. The van der Waals surface area contributed by atoms with Crippen LogP contribution in [0.2, 0.25) is 0 Å². The van der Waals surface area contributed by atoms with Crippen molar-refractivity contribution in [3.63, 3.8) is 0 Å². The lowest BCUT2D eigenvalue weighted by Crippen LogP contribution is -2.30. The van der Waals surface area contributed by atoms with Gasteiger partial charge in [-0.05, 0) is 31.1 Å². The van der Waals surface area contributed by atoms with Gasteiger partial charge in [-0.15, -0.1) is 0 Å². The molecule has 0 aromatic heterocycles. The van der Waals surface area contributed by atoms with Crippen LogP contribution in [-0.4, -0.2) is 37.2 Å². The molecule has 0 aliphatic carbocycles. The quantitative estimate of drug-likeness (QED) is 0.0346. The van der Waals surface area contributed by atoms with Gasteiger partial charge in [-0.1, -0.05) is 247 Å². The normalized spacial score (nSPS) is 12.5. The van der Waals surface area contributed by atoms with Gasteiger partial charge in [-0.3, -0.25) is 14.4 Å². The van der Waals surface area contributed by atoms with Crippen LogP contribution in [-0.2, 0) is 28.6 Å². The third-order valence-electron chi connectivity index (χ3n) is 12.1. The molecule has 0 heterocycles. The van der Waals surface area contributed by atoms with E-state index in [1.807, 2.05) is 0 Å². The molecule has 6 nitrogen and oxygen atoms in total. The number of ether oxygens (including phenoxy) is 3. The predicted molar refractivity (Wildman–Crippen MR) is 247 cm³/mol. The maximum absolute atomic E-state index is 12.7. The Morgan fingerprint density at radius 3 is 0.983 bits per heavy atom. The highest BCUT2D eigenvalue weighted by Gasteiger charge is 2.19. The highest BCUT2D eigenvalue weighted by molar-refractivity contribution is 5.71. The Morgan fingerprint density at radius 1 is 0.362 bits per heavy atom. The molecule has 0 aromatic carbocycles. The Labute approximate surface area is 361 Å². The van der Waals surface area contributed by atoms with E-state index < -0.39 is 6.10 Å². The average Bonchev–Trinajstić information content (AvgIpc) is 3.21. The Balaban J connectivity index is 4.28. The van der Waals surface area contributed by atoms with E-state index in [0.29, 0.717) is 19.3 Å². The van der Waals surface area contributed by atoms with E-state index in [4.69, 9.17) is 14.2 Å². The number of esters is 3. The lowest BCUT2D eigenvalue weighted by atomic mass is 9.99. The van der Waals surface area contributed by atoms with Crippen molar-refractivity contribution in [2.45, 2.75) is 291 Å². The topological polar surface area (TPSA) is 78.9 Å². The fourth-order valence-electron chi connectivity index (χ4n) is 7.78. The predicted octanol–water partition coefficient (Wildman–Crippen LogP) is 16.5. The van der Waals surface area contributed by atoms with Crippen molar-refractivity contribution in [1.29, 1.82) is 0 Å². The minimum absolute atomic E-state index is 0.0645. The average molecular weight is 821 g/mol. The summed E-state index contributed by atoms with van der Waals surface area (Å²) in [5, 5.41) is 0. The fourth-order valence-corrected chi connectivity index (χ4v) is 7.78. The smallest absolute Gasteiger partial charge is 0.306 e. The van der Waals surface area contributed by atoms with E-state index in [9.17, 15) is 14.4 Å². The van der Waals surface area contributed by atoms with E-state index in [0.717, 1.165) is 69.6 Å². The van der Waals surface area contributed by atoms with Crippen LogP contribution >= 0.6 is 0 Å². The minimum atomic E-state index is -0.762. The zero-order chi connectivity index (χ0) is 42.6. The highest BCUT2D eigenvalue weighted by Crippen LogP contribution is 2.18. The van der Waals surface area contributed by atoms with E-state index in [2.05, 4.69) is 34.6 Å². The second-order valence-corrected chi connectivity index (χ2v) is 18.5. The van der Waals surface area contributed by atoms with E-state index in [1.165, 1.54) is 173 Å². The molecule has 6 heteroatoms. The molecule has 0 fully saturated rings. The molecule has 0 N–H and O–H groups in total. The summed E-state index contributed by atoms with van der Waals surface area (Å²) in [5.41, 5.74) is 0. The van der Waals surface area contributed by atoms with Crippen LogP contribution in [0, 0.1) is 11.8 Å². The standard InChI is InChI=1S/C52H100O6/c1-6-8-9-10-11-12-13-14-15-16-17-18-19-20-27-32-37-42-50(53)56-45-49(58-52(55)44-39-34-29-23-21-25-30-35-40-47(3)4)46-57-51(54)43-38-33-28-24-22-26-31-36-41-48(5)7-2/h47-49H,6-46H2,1-5H3/t48?,49-/m0/s1. The van der Waals surface area contributed by atoms with Crippen molar-refractivity contribution in [3.8, 4) is 0 Å². The van der Waals surface area contributed by atoms with Gasteiger partial charge in [0.2, 0.25) is 0 Å². The molecule has 0 bridgehead atoms. The maximum atomic E-state index is 12.7. The van der Waals surface area contributed by atoms with Crippen LogP contribution in [0.5, 0.6) is 0 Å². The largest absolute Gasteiger partial charge is 0.462 e. The van der Waals surface area contributed by atoms with Crippen LogP contribution in [0.3, 0.4) is 0 Å². The molecule has 2 atom stereocenters. The molecular formula is C52H100O6. The molecule has 0 amide bonds. The van der Waals surface area contributed by atoms with Crippen molar-refractivity contribution in [1.82, 2.24) is 0 Å². The lowest BCUT2D eigenvalue weighted by Gasteiger charge is -2.18. The van der Waals surface area contributed by atoms with Gasteiger partial charge in [0.05, 0.1) is 0 Å². The molecule has 0 saturated carbocycles. The molecule has 58 heavy (non-hydrogen) atoms. The second-order valence-electron chi connectivity index (χ2n) is 18.5. The van der Waals surface area contributed by atoms with Gasteiger partial charge in [-0.2, -0.15) is 0 Å². The van der Waals surface area contributed by atoms with Gasteiger partial charge in [0.1, 0.15) is 13.2 Å². The second kappa shape index (κ2) is 44.9. The third kappa shape index (κ3) is 44.0. The Kier molecular flexibility index (Phi) is 43.7. The van der Waals surface area contributed by atoms with E-state index >= 15 is 0 Å². The third-order valence-corrected chi connectivity index (χ3v) is 12.1. The van der Waals surface area contributed by atoms with Crippen molar-refractivity contribution < 1.29 is 28.6 Å². The molecule has 0 saturated heterocycles. The number of hydrogen-bond donors (Lipinski definition) is 0. The van der Waals surface area contributed by atoms with Crippen molar-refractivity contribution in [2.75, 3.05) is 13.2 Å². The van der Waals surface area contributed by atoms with Gasteiger partial charge in [-0.25, -0.2) is 0 Å². The molecule has 0 aliphatic heterocycles. The Bertz CT molecular complexity index is 887. The van der Waals surface area contributed by atoms with Gasteiger partial charge in [0.15, 0.2) is 6.10 Å². The van der Waals surface area contributed by atoms with Crippen LogP contribution in [0.25, 0.3) is 0 Å². The molecule has 344 valence electrons. The lowest BCUT2D eigenvalue weighted by molar-refractivity contribution is -0.167. The molecule has 0 spiro atoms. The maximum Gasteiger partial charge on any atom is 0.306 e. The monoisotopic (exact) mass is 821 g/mol. The number of rotatable bonds is 46. The summed E-state index contributed by atoms with van der Waals surface area (Å²) in [6, 6.07) is 0. The van der Waals surface area contributed by atoms with Crippen molar-refractivity contribution in [3.05, 3.63) is 0 Å². The summed E-state index contributed by atoms with van der Waals surface area (Å²) in [6.07, 6.45) is 45.2. The van der Waals surface area contributed by atoms with E-state index in [1.54, 1.807) is 0 Å². The first-order valence-corrected chi connectivity index (χ1v) is 25.8. The zero-order valence-corrected chi connectivity index (χ0v) is 39.7. The van der Waals surface area contributed by atoms with Crippen molar-refractivity contribution in [2.24, 2.45) is 11.8 Å². The van der Waals surface area contributed by atoms with E-state index in [-0.39, 0.29) is 31.1 Å². The molecule has 0 aliphatic rings. The first kappa shape index (κ1) is 56.4. The van der Waals surface area contributed by atoms with Gasteiger partial charge in [0, 0.05) is 19.3 Å². The minimum Gasteiger partial charge on any atom is -0.462 e. The van der Waals surface area contributed by atoms with Gasteiger partial charge >= 0.3 is 17.9 Å². The molecule has 0 radical (unpaired) electrons. The Morgan fingerprint density at radius 2 is 0.655 bits per heavy atom. The van der Waals surface area contributed by atoms with Crippen molar-refractivity contribution >= 4 is 17.9 Å². The van der Waals surface area contributed by atoms with Gasteiger partial charge in [0.25, 0.3) is 0 Å². The highest BCUT2D eigenvalue weighted by atomic mass is 16.6. The zero-order valence-electron chi connectivity index (χ0n) is 39.7.